The lowest BCUT2D eigenvalue weighted by atomic mass is 9.83. The second-order valence-electron chi connectivity index (χ2n) is 9.84. The van der Waals surface area contributed by atoms with Gasteiger partial charge in [0.05, 0.1) is 23.6 Å². The molecular weight excluding hydrogens is 446 g/mol. The number of benzene rings is 1. The van der Waals surface area contributed by atoms with Gasteiger partial charge in [-0.05, 0) is 44.0 Å². The van der Waals surface area contributed by atoms with Crippen LogP contribution in [0.25, 0.3) is 0 Å². The molecular formula is C24H25F6N2O+. The molecule has 3 heterocycles. The minimum atomic E-state index is -4.85. The summed E-state index contributed by atoms with van der Waals surface area (Å²) in [5.74, 6) is 1.06. The smallest absolute Gasteiger partial charge is 0.416 e. The molecule has 0 bridgehead atoms. The fraction of sp³-hybridized carbons (Fsp3) is 0.542. The van der Waals surface area contributed by atoms with E-state index >= 15 is 0 Å². The SMILES string of the molecule is C[C@@]12[C@H]3CC[C@@H]1[C@H](Oc1ccccn1)C[N@+]2(Cc1cc(C(F)(F)F)cc(C(F)(F)F)c1)CC3. The van der Waals surface area contributed by atoms with E-state index in [2.05, 4.69) is 11.9 Å². The van der Waals surface area contributed by atoms with Gasteiger partial charge in [-0.2, -0.15) is 26.3 Å². The average molecular weight is 471 g/mol. The molecule has 1 saturated carbocycles. The summed E-state index contributed by atoms with van der Waals surface area (Å²) in [4.78, 5) is 4.25. The highest BCUT2D eigenvalue weighted by molar-refractivity contribution is 5.33. The van der Waals surface area contributed by atoms with Crippen LogP contribution < -0.4 is 4.74 Å². The summed E-state index contributed by atoms with van der Waals surface area (Å²) < 4.78 is 87.3. The Kier molecular flexibility index (Phi) is 5.01. The summed E-state index contributed by atoms with van der Waals surface area (Å²) in [6.07, 6.45) is -5.37. The molecule has 5 rings (SSSR count). The highest BCUT2D eigenvalue weighted by Crippen LogP contribution is 2.61. The monoisotopic (exact) mass is 471 g/mol. The third-order valence-corrected chi connectivity index (χ3v) is 8.35. The molecule has 178 valence electrons. The Hall–Kier alpha value is -2.29. The lowest BCUT2D eigenvalue weighted by molar-refractivity contribution is -0.966. The van der Waals surface area contributed by atoms with Crippen molar-refractivity contribution in [1.29, 1.82) is 0 Å². The van der Waals surface area contributed by atoms with E-state index in [1.54, 1.807) is 18.3 Å². The van der Waals surface area contributed by atoms with Gasteiger partial charge >= 0.3 is 12.4 Å². The van der Waals surface area contributed by atoms with Crippen molar-refractivity contribution in [3.63, 3.8) is 0 Å². The molecule has 3 nitrogen and oxygen atoms in total. The van der Waals surface area contributed by atoms with Crippen LogP contribution >= 0.6 is 0 Å². The van der Waals surface area contributed by atoms with Gasteiger partial charge in [-0.1, -0.05) is 6.07 Å². The lowest BCUT2D eigenvalue weighted by Gasteiger charge is -2.43. The van der Waals surface area contributed by atoms with Crippen molar-refractivity contribution in [1.82, 2.24) is 4.98 Å². The molecule has 0 N–H and O–H groups in total. The maximum Gasteiger partial charge on any atom is 0.416 e. The Labute approximate surface area is 188 Å². The van der Waals surface area contributed by atoms with Gasteiger partial charge in [0, 0.05) is 30.2 Å². The van der Waals surface area contributed by atoms with Gasteiger partial charge in [-0.3, -0.25) is 0 Å². The molecule has 0 unspecified atom stereocenters. The van der Waals surface area contributed by atoms with Crippen LogP contribution in [0.15, 0.2) is 42.6 Å². The predicted octanol–water partition coefficient (Wildman–Crippen LogP) is 6.09. The Balaban J connectivity index is 1.52. The largest absolute Gasteiger partial charge is 0.468 e. The Morgan fingerprint density at radius 2 is 1.70 bits per heavy atom. The maximum absolute atomic E-state index is 13.4. The number of pyridine rings is 1. The third kappa shape index (κ3) is 3.59. The van der Waals surface area contributed by atoms with Crippen LogP contribution in [0.4, 0.5) is 26.3 Å². The minimum Gasteiger partial charge on any atom is -0.468 e. The number of hydrogen-bond acceptors (Lipinski definition) is 2. The third-order valence-electron chi connectivity index (χ3n) is 8.35. The van der Waals surface area contributed by atoms with E-state index < -0.39 is 23.5 Å². The number of halogens is 6. The van der Waals surface area contributed by atoms with Crippen molar-refractivity contribution in [2.45, 2.75) is 56.7 Å². The van der Waals surface area contributed by atoms with Crippen molar-refractivity contribution in [2.75, 3.05) is 13.1 Å². The van der Waals surface area contributed by atoms with Crippen LogP contribution in [0.5, 0.6) is 5.88 Å². The topological polar surface area (TPSA) is 22.1 Å². The van der Waals surface area contributed by atoms with Gasteiger partial charge in [0.2, 0.25) is 5.88 Å². The van der Waals surface area contributed by atoms with Crippen LogP contribution in [0.2, 0.25) is 0 Å². The van der Waals surface area contributed by atoms with Crippen LogP contribution in [-0.4, -0.2) is 34.2 Å². The zero-order chi connectivity index (χ0) is 23.6. The van der Waals surface area contributed by atoms with Crippen LogP contribution in [-0.2, 0) is 18.9 Å². The first-order chi connectivity index (χ1) is 15.4. The molecule has 3 fully saturated rings. The quantitative estimate of drug-likeness (QED) is 0.398. The first-order valence-electron chi connectivity index (χ1n) is 11.1. The number of rotatable bonds is 4. The summed E-state index contributed by atoms with van der Waals surface area (Å²) in [5, 5.41) is 0. The van der Waals surface area contributed by atoms with Crippen LogP contribution in [0, 0.1) is 11.8 Å². The molecule has 2 saturated heterocycles. The molecule has 5 atom stereocenters. The highest BCUT2D eigenvalue weighted by atomic mass is 19.4. The molecule has 0 spiro atoms. The van der Waals surface area contributed by atoms with Crippen molar-refractivity contribution in [2.24, 2.45) is 11.8 Å². The predicted molar refractivity (Wildman–Crippen MR) is 108 cm³/mol. The van der Waals surface area contributed by atoms with Gasteiger partial charge in [-0.15, -0.1) is 0 Å². The van der Waals surface area contributed by atoms with Crippen molar-refractivity contribution < 1.29 is 35.6 Å². The first-order valence-corrected chi connectivity index (χ1v) is 11.1. The van der Waals surface area contributed by atoms with E-state index in [-0.39, 0.29) is 35.7 Å². The molecule has 1 aromatic carbocycles. The van der Waals surface area contributed by atoms with Gasteiger partial charge in [0.15, 0.2) is 6.10 Å². The van der Waals surface area contributed by atoms with Gasteiger partial charge < -0.3 is 9.22 Å². The summed E-state index contributed by atoms with van der Waals surface area (Å²) in [7, 11) is 0. The van der Waals surface area contributed by atoms with Crippen LogP contribution in [0.1, 0.15) is 42.9 Å². The molecule has 0 radical (unpaired) electrons. The van der Waals surface area contributed by atoms with E-state index in [0.717, 1.165) is 37.9 Å². The van der Waals surface area contributed by atoms with Crippen LogP contribution in [0.3, 0.4) is 0 Å². The molecule has 9 heteroatoms. The van der Waals surface area contributed by atoms with E-state index in [4.69, 9.17) is 4.74 Å². The Morgan fingerprint density at radius 3 is 2.30 bits per heavy atom. The van der Waals surface area contributed by atoms with Gasteiger partial charge in [-0.25, -0.2) is 4.98 Å². The summed E-state index contributed by atoms with van der Waals surface area (Å²) >= 11 is 0. The summed E-state index contributed by atoms with van der Waals surface area (Å²) in [5.41, 5.74) is -2.68. The van der Waals surface area contributed by atoms with E-state index in [1.807, 2.05) is 6.07 Å². The standard InChI is InChI=1S/C24H25F6N2O/c1-22-16-5-6-19(22)20(33-21-4-2-3-8-31-21)14-32(22,9-7-16)13-15-10-17(23(25,26)27)12-18(11-15)24(28,29)30/h2-4,8,10-12,16,19-20H,5-7,9,13-14H2,1H3/q+1/t16-,19+,20+,22+,32+/m0/s1. The second-order valence-corrected chi connectivity index (χ2v) is 9.84. The number of aromatic nitrogens is 1. The van der Waals surface area contributed by atoms with E-state index in [1.165, 1.54) is 0 Å². The molecule has 2 aliphatic heterocycles. The molecule has 33 heavy (non-hydrogen) atoms. The van der Waals surface area contributed by atoms with Crippen molar-refractivity contribution >= 4 is 0 Å². The van der Waals surface area contributed by atoms with Gasteiger partial charge in [0.1, 0.15) is 18.6 Å². The first kappa shape index (κ1) is 22.5. The average Bonchev–Trinajstić information content (AvgIpc) is 3.30. The second kappa shape index (κ2) is 7.35. The molecule has 3 aliphatic rings. The normalized spacial score (nSPS) is 33.4. The molecule has 1 aromatic heterocycles. The minimum absolute atomic E-state index is 0.0724. The number of quaternary nitrogens is 1. The number of alkyl halides is 6. The van der Waals surface area contributed by atoms with Gasteiger partial charge in [0.25, 0.3) is 0 Å². The Bertz CT molecular complexity index is 1010. The zero-order valence-electron chi connectivity index (χ0n) is 18.1. The van der Waals surface area contributed by atoms with Crippen molar-refractivity contribution in [3.8, 4) is 5.88 Å². The fourth-order valence-electron chi connectivity index (χ4n) is 6.87. The lowest BCUT2D eigenvalue weighted by Crippen LogP contribution is -2.57. The number of ether oxygens (including phenoxy) is 1. The Morgan fingerprint density at radius 1 is 1.00 bits per heavy atom. The molecule has 1 aliphatic carbocycles. The number of nitrogens with zero attached hydrogens (tertiary/aromatic N) is 2. The van der Waals surface area contributed by atoms with E-state index in [0.29, 0.717) is 22.8 Å². The number of hydrogen-bond donors (Lipinski definition) is 0. The summed E-state index contributed by atoms with van der Waals surface area (Å²) in [6, 6.07) is 7.35. The fourth-order valence-corrected chi connectivity index (χ4v) is 6.87. The molecule has 2 aromatic rings. The van der Waals surface area contributed by atoms with Crippen molar-refractivity contribution in [3.05, 3.63) is 59.3 Å². The maximum atomic E-state index is 13.4. The van der Waals surface area contributed by atoms with E-state index in [9.17, 15) is 26.3 Å². The zero-order valence-corrected chi connectivity index (χ0v) is 18.1. The highest BCUT2D eigenvalue weighted by Gasteiger charge is 2.71. The molecule has 0 amide bonds. The summed E-state index contributed by atoms with van der Waals surface area (Å²) in [6.45, 7) is 3.55.